The van der Waals surface area contributed by atoms with Crippen LogP contribution >= 0.6 is 0 Å². The Morgan fingerprint density at radius 2 is 1.59 bits per heavy atom. The molecule has 0 fully saturated rings. The lowest BCUT2D eigenvalue weighted by Gasteiger charge is -2.13. The highest BCUT2D eigenvalue weighted by Gasteiger charge is 2.28. The van der Waals surface area contributed by atoms with E-state index in [-0.39, 0.29) is 5.97 Å². The van der Waals surface area contributed by atoms with Crippen LogP contribution in [0.2, 0.25) is 0 Å². The van der Waals surface area contributed by atoms with E-state index in [1.54, 1.807) is 12.1 Å². The highest BCUT2D eigenvalue weighted by molar-refractivity contribution is 5.94. The molecule has 0 saturated carbocycles. The van der Waals surface area contributed by atoms with Crippen molar-refractivity contribution < 1.29 is 28.6 Å². The van der Waals surface area contributed by atoms with Gasteiger partial charge >= 0.3 is 17.9 Å². The highest BCUT2D eigenvalue weighted by Crippen LogP contribution is 2.16. The highest BCUT2D eigenvalue weighted by atomic mass is 16.5. The summed E-state index contributed by atoms with van der Waals surface area (Å²) in [4.78, 5) is 35.3. The lowest BCUT2D eigenvalue weighted by Crippen LogP contribution is -2.27. The Morgan fingerprint density at radius 1 is 0.889 bits per heavy atom. The van der Waals surface area contributed by atoms with E-state index < -0.39 is 17.9 Å². The molecular weight excluding hydrogens is 348 g/mol. The molecule has 0 aliphatic rings. The SMILES string of the molecule is CCCCOC(=O)C(CCCCCc1ccc(C(=O)OC)cc1)C(=O)OC. The maximum atomic E-state index is 12.1. The molecule has 1 unspecified atom stereocenters. The van der Waals surface area contributed by atoms with Crippen LogP contribution in [0.1, 0.15) is 61.4 Å². The van der Waals surface area contributed by atoms with E-state index >= 15 is 0 Å². The maximum Gasteiger partial charge on any atom is 0.337 e. The van der Waals surface area contributed by atoms with Gasteiger partial charge in [0.25, 0.3) is 0 Å². The number of rotatable bonds is 12. The number of ether oxygens (including phenoxy) is 3. The Balaban J connectivity index is 2.37. The van der Waals surface area contributed by atoms with E-state index in [2.05, 4.69) is 4.74 Å². The van der Waals surface area contributed by atoms with E-state index in [1.165, 1.54) is 14.2 Å². The molecule has 0 N–H and O–H groups in total. The monoisotopic (exact) mass is 378 g/mol. The molecule has 0 aromatic heterocycles. The maximum absolute atomic E-state index is 12.1. The minimum Gasteiger partial charge on any atom is -0.468 e. The quantitative estimate of drug-likeness (QED) is 0.239. The third kappa shape index (κ3) is 8.24. The van der Waals surface area contributed by atoms with Gasteiger partial charge in [0.05, 0.1) is 26.4 Å². The fourth-order valence-corrected chi connectivity index (χ4v) is 2.67. The third-order valence-corrected chi connectivity index (χ3v) is 4.35. The molecule has 0 heterocycles. The molecule has 0 aliphatic heterocycles. The zero-order valence-corrected chi connectivity index (χ0v) is 16.5. The molecule has 1 rings (SSSR count). The molecule has 6 nitrogen and oxygen atoms in total. The number of methoxy groups -OCH3 is 2. The van der Waals surface area contributed by atoms with Gasteiger partial charge in [0.2, 0.25) is 0 Å². The lowest BCUT2D eigenvalue weighted by atomic mass is 9.99. The fourth-order valence-electron chi connectivity index (χ4n) is 2.67. The second kappa shape index (κ2) is 12.9. The molecule has 0 aliphatic carbocycles. The second-order valence-electron chi connectivity index (χ2n) is 6.38. The molecule has 0 bridgehead atoms. The van der Waals surface area contributed by atoms with Gasteiger partial charge in [-0.1, -0.05) is 38.3 Å². The van der Waals surface area contributed by atoms with Crippen molar-refractivity contribution in [2.75, 3.05) is 20.8 Å². The van der Waals surface area contributed by atoms with Gasteiger partial charge in [-0.2, -0.15) is 0 Å². The third-order valence-electron chi connectivity index (χ3n) is 4.35. The van der Waals surface area contributed by atoms with Crippen molar-refractivity contribution in [3.8, 4) is 0 Å². The molecule has 1 aromatic carbocycles. The number of aryl methyl sites for hydroxylation is 1. The summed E-state index contributed by atoms with van der Waals surface area (Å²) in [6, 6.07) is 7.32. The van der Waals surface area contributed by atoms with Gasteiger partial charge in [-0.05, 0) is 43.4 Å². The van der Waals surface area contributed by atoms with Crippen LogP contribution in [0.5, 0.6) is 0 Å². The van der Waals surface area contributed by atoms with Crippen molar-refractivity contribution in [2.24, 2.45) is 5.92 Å². The predicted octanol–water partition coefficient (Wildman–Crippen LogP) is 3.71. The van der Waals surface area contributed by atoms with Gasteiger partial charge in [-0.25, -0.2) is 4.79 Å². The number of carbonyl (C=O) groups excluding carboxylic acids is 3. The van der Waals surface area contributed by atoms with Crippen LogP contribution in [-0.2, 0) is 30.2 Å². The molecule has 6 heteroatoms. The van der Waals surface area contributed by atoms with E-state index in [0.29, 0.717) is 18.6 Å². The predicted molar refractivity (Wildman–Crippen MR) is 101 cm³/mol. The zero-order chi connectivity index (χ0) is 20.1. The van der Waals surface area contributed by atoms with Crippen molar-refractivity contribution >= 4 is 17.9 Å². The Morgan fingerprint density at radius 3 is 2.19 bits per heavy atom. The molecule has 1 atom stereocenters. The standard InChI is InChI=1S/C21H30O6/c1-4-5-15-27-21(24)18(20(23)26-3)10-8-6-7-9-16-11-13-17(14-12-16)19(22)25-2/h11-14,18H,4-10,15H2,1-3H3. The van der Waals surface area contributed by atoms with Gasteiger partial charge < -0.3 is 14.2 Å². The average molecular weight is 378 g/mol. The summed E-state index contributed by atoms with van der Waals surface area (Å²) in [6.07, 6.45) is 5.56. The summed E-state index contributed by atoms with van der Waals surface area (Å²) in [5.41, 5.74) is 1.66. The van der Waals surface area contributed by atoms with Crippen LogP contribution in [0.4, 0.5) is 0 Å². The summed E-state index contributed by atoms with van der Waals surface area (Å²) in [7, 11) is 2.64. The molecule has 0 amide bonds. The van der Waals surface area contributed by atoms with Crippen molar-refractivity contribution in [1.82, 2.24) is 0 Å². The number of hydrogen-bond acceptors (Lipinski definition) is 6. The van der Waals surface area contributed by atoms with Crippen LogP contribution in [0, 0.1) is 5.92 Å². The van der Waals surface area contributed by atoms with Gasteiger partial charge in [-0.3, -0.25) is 9.59 Å². The zero-order valence-electron chi connectivity index (χ0n) is 16.5. The molecule has 0 radical (unpaired) electrons. The van der Waals surface area contributed by atoms with E-state index in [1.807, 2.05) is 19.1 Å². The van der Waals surface area contributed by atoms with Gasteiger partial charge in [-0.15, -0.1) is 0 Å². The van der Waals surface area contributed by atoms with E-state index in [4.69, 9.17) is 9.47 Å². The average Bonchev–Trinajstić information content (AvgIpc) is 2.70. The number of unbranched alkanes of at least 4 members (excludes halogenated alkanes) is 3. The first-order chi connectivity index (χ1) is 13.0. The van der Waals surface area contributed by atoms with Crippen LogP contribution in [0.15, 0.2) is 24.3 Å². The van der Waals surface area contributed by atoms with Crippen molar-refractivity contribution in [2.45, 2.75) is 51.9 Å². The van der Waals surface area contributed by atoms with Crippen LogP contribution < -0.4 is 0 Å². The minimum atomic E-state index is -0.841. The molecule has 0 spiro atoms. The molecule has 27 heavy (non-hydrogen) atoms. The number of hydrogen-bond donors (Lipinski definition) is 0. The topological polar surface area (TPSA) is 78.9 Å². The molecule has 1 aromatic rings. The van der Waals surface area contributed by atoms with Gasteiger partial charge in [0, 0.05) is 0 Å². The van der Waals surface area contributed by atoms with Crippen molar-refractivity contribution in [3.05, 3.63) is 35.4 Å². The number of esters is 3. The lowest BCUT2D eigenvalue weighted by molar-refractivity contribution is -0.161. The summed E-state index contributed by atoms with van der Waals surface area (Å²) in [5.74, 6) is -2.21. The fraction of sp³-hybridized carbons (Fsp3) is 0.571. The van der Waals surface area contributed by atoms with Crippen LogP contribution in [0.3, 0.4) is 0 Å². The molecular formula is C21H30O6. The van der Waals surface area contributed by atoms with E-state index in [0.717, 1.165) is 44.1 Å². The first-order valence-electron chi connectivity index (χ1n) is 9.45. The Kier molecular flexibility index (Phi) is 10.8. The molecule has 150 valence electrons. The minimum absolute atomic E-state index is 0.338. The summed E-state index contributed by atoms with van der Waals surface area (Å²) < 4.78 is 14.6. The summed E-state index contributed by atoms with van der Waals surface area (Å²) in [5, 5.41) is 0. The first kappa shape index (κ1) is 22.7. The van der Waals surface area contributed by atoms with Gasteiger partial charge in [0.15, 0.2) is 5.92 Å². The number of carbonyl (C=O) groups is 3. The number of benzene rings is 1. The smallest absolute Gasteiger partial charge is 0.337 e. The Labute approximate surface area is 161 Å². The van der Waals surface area contributed by atoms with Gasteiger partial charge in [0.1, 0.15) is 0 Å². The first-order valence-corrected chi connectivity index (χ1v) is 9.45. The Hall–Kier alpha value is -2.37. The van der Waals surface area contributed by atoms with E-state index in [9.17, 15) is 14.4 Å². The largest absolute Gasteiger partial charge is 0.468 e. The molecule has 0 saturated heterocycles. The van der Waals surface area contributed by atoms with Crippen molar-refractivity contribution in [3.63, 3.8) is 0 Å². The summed E-state index contributed by atoms with van der Waals surface area (Å²) >= 11 is 0. The van der Waals surface area contributed by atoms with Crippen LogP contribution in [-0.4, -0.2) is 38.7 Å². The normalized spacial score (nSPS) is 11.5. The second-order valence-corrected chi connectivity index (χ2v) is 6.38. The Bertz CT molecular complexity index is 593. The van der Waals surface area contributed by atoms with Crippen LogP contribution in [0.25, 0.3) is 0 Å². The van der Waals surface area contributed by atoms with Crippen molar-refractivity contribution in [1.29, 1.82) is 0 Å². The summed E-state index contributed by atoms with van der Waals surface area (Å²) in [6.45, 7) is 2.35.